The van der Waals surface area contributed by atoms with Gasteiger partial charge in [-0.3, -0.25) is 4.99 Å². The second-order valence-electron chi connectivity index (χ2n) is 6.23. The lowest BCUT2D eigenvalue weighted by Gasteiger charge is -2.25. The minimum Gasteiger partial charge on any atom is -0.357 e. The summed E-state index contributed by atoms with van der Waals surface area (Å²) in [6.45, 7) is 6.68. The highest BCUT2D eigenvalue weighted by Gasteiger charge is 2.20. The van der Waals surface area contributed by atoms with Gasteiger partial charge in [-0.1, -0.05) is 29.8 Å². The summed E-state index contributed by atoms with van der Waals surface area (Å²) in [5.41, 5.74) is 2.62. The van der Waals surface area contributed by atoms with Crippen LogP contribution in [0.1, 0.15) is 30.3 Å². The van der Waals surface area contributed by atoms with Crippen LogP contribution >= 0.6 is 0 Å². The number of aliphatic imine (C=N–C) groups is 1. The van der Waals surface area contributed by atoms with Gasteiger partial charge in [0.1, 0.15) is 12.2 Å². The third kappa shape index (κ3) is 4.34. The molecule has 2 aromatic rings. The van der Waals surface area contributed by atoms with Crippen molar-refractivity contribution < 1.29 is 0 Å². The number of aromatic nitrogens is 3. The first kappa shape index (κ1) is 16.5. The Morgan fingerprint density at radius 2 is 2.17 bits per heavy atom. The van der Waals surface area contributed by atoms with E-state index in [9.17, 15) is 0 Å². The van der Waals surface area contributed by atoms with Crippen molar-refractivity contribution >= 4 is 5.96 Å². The van der Waals surface area contributed by atoms with E-state index in [1.165, 1.54) is 11.1 Å². The van der Waals surface area contributed by atoms with Crippen LogP contribution in [-0.4, -0.2) is 39.9 Å². The van der Waals surface area contributed by atoms with Gasteiger partial charge in [0, 0.05) is 25.6 Å². The van der Waals surface area contributed by atoms with Crippen LogP contribution in [0, 0.1) is 6.92 Å². The van der Waals surface area contributed by atoms with Crippen molar-refractivity contribution in [3.05, 3.63) is 47.5 Å². The minimum atomic E-state index is 0.344. The van der Waals surface area contributed by atoms with Crippen molar-refractivity contribution in [3.8, 4) is 0 Å². The molecular weight excluding hydrogens is 300 g/mol. The first-order valence-corrected chi connectivity index (χ1v) is 8.71. The number of aryl methyl sites for hydroxylation is 2. The molecule has 128 valence electrons. The van der Waals surface area contributed by atoms with E-state index < -0.39 is 0 Å². The number of rotatable bonds is 5. The van der Waals surface area contributed by atoms with Gasteiger partial charge in [0.25, 0.3) is 0 Å². The first-order chi connectivity index (χ1) is 11.7. The molecule has 6 heteroatoms. The van der Waals surface area contributed by atoms with E-state index in [0.29, 0.717) is 6.04 Å². The molecule has 0 saturated carbocycles. The van der Waals surface area contributed by atoms with E-state index in [0.717, 1.165) is 50.7 Å². The highest BCUT2D eigenvalue weighted by Crippen LogP contribution is 2.11. The molecule has 1 aliphatic heterocycles. The van der Waals surface area contributed by atoms with Crippen molar-refractivity contribution in [1.82, 2.24) is 25.4 Å². The molecule has 1 aromatic heterocycles. The van der Waals surface area contributed by atoms with Crippen LogP contribution in [0.25, 0.3) is 0 Å². The molecule has 0 bridgehead atoms. The van der Waals surface area contributed by atoms with E-state index in [-0.39, 0.29) is 0 Å². The molecule has 1 aromatic carbocycles. The Morgan fingerprint density at radius 3 is 2.96 bits per heavy atom. The fraction of sp³-hybridized carbons (Fsp3) is 0.500. The monoisotopic (exact) mass is 326 g/mol. The second-order valence-corrected chi connectivity index (χ2v) is 6.23. The molecule has 0 aliphatic carbocycles. The Balaban J connectivity index is 1.55. The Kier molecular flexibility index (Phi) is 5.46. The van der Waals surface area contributed by atoms with Crippen molar-refractivity contribution in [1.29, 1.82) is 0 Å². The van der Waals surface area contributed by atoms with Crippen LogP contribution in [0.4, 0.5) is 0 Å². The zero-order valence-electron chi connectivity index (χ0n) is 14.5. The van der Waals surface area contributed by atoms with Gasteiger partial charge in [-0.05, 0) is 32.3 Å². The zero-order valence-corrected chi connectivity index (χ0v) is 14.5. The van der Waals surface area contributed by atoms with E-state index in [1.54, 1.807) is 6.33 Å². The molecular formula is C18H26N6. The minimum absolute atomic E-state index is 0.344. The molecule has 0 spiro atoms. The Hall–Kier alpha value is -2.37. The number of benzene rings is 1. The van der Waals surface area contributed by atoms with Gasteiger partial charge in [0.15, 0.2) is 5.96 Å². The SMILES string of the molecule is CCNC(=NCCc1ccc(C)cc1)NC1CCc2ncnn2C1. The largest absolute Gasteiger partial charge is 0.357 e. The van der Waals surface area contributed by atoms with E-state index in [1.807, 2.05) is 4.68 Å². The standard InChI is InChI=1S/C18H26N6/c1-3-19-18(20-11-10-15-6-4-14(2)5-7-15)23-16-8-9-17-21-13-22-24(17)12-16/h4-7,13,16H,3,8-12H2,1-2H3,(H2,19,20,23). The summed E-state index contributed by atoms with van der Waals surface area (Å²) in [6.07, 6.45) is 4.61. The zero-order chi connectivity index (χ0) is 16.8. The van der Waals surface area contributed by atoms with Crippen molar-refractivity contribution in [2.24, 2.45) is 4.99 Å². The van der Waals surface area contributed by atoms with Crippen molar-refractivity contribution in [3.63, 3.8) is 0 Å². The highest BCUT2D eigenvalue weighted by atomic mass is 15.4. The van der Waals surface area contributed by atoms with Gasteiger partial charge in [-0.25, -0.2) is 9.67 Å². The number of guanidine groups is 1. The van der Waals surface area contributed by atoms with Gasteiger partial charge >= 0.3 is 0 Å². The topological polar surface area (TPSA) is 67.1 Å². The maximum atomic E-state index is 4.72. The maximum Gasteiger partial charge on any atom is 0.191 e. The van der Waals surface area contributed by atoms with Crippen LogP contribution in [0.3, 0.4) is 0 Å². The Morgan fingerprint density at radius 1 is 1.33 bits per heavy atom. The fourth-order valence-corrected chi connectivity index (χ4v) is 2.92. The van der Waals surface area contributed by atoms with Gasteiger partial charge in [-0.15, -0.1) is 0 Å². The smallest absolute Gasteiger partial charge is 0.191 e. The highest BCUT2D eigenvalue weighted by molar-refractivity contribution is 5.80. The fourth-order valence-electron chi connectivity index (χ4n) is 2.92. The van der Waals surface area contributed by atoms with E-state index >= 15 is 0 Å². The summed E-state index contributed by atoms with van der Waals surface area (Å²) < 4.78 is 1.98. The Labute approximate surface area is 143 Å². The van der Waals surface area contributed by atoms with Gasteiger partial charge in [-0.2, -0.15) is 5.10 Å². The molecule has 2 N–H and O–H groups in total. The molecule has 1 aliphatic rings. The van der Waals surface area contributed by atoms with Crippen molar-refractivity contribution in [2.45, 2.75) is 45.7 Å². The van der Waals surface area contributed by atoms with Crippen LogP contribution < -0.4 is 10.6 Å². The predicted molar refractivity (Wildman–Crippen MR) is 96.1 cm³/mol. The summed E-state index contributed by atoms with van der Waals surface area (Å²) in [4.78, 5) is 8.99. The number of fused-ring (bicyclic) bond motifs is 1. The molecule has 24 heavy (non-hydrogen) atoms. The lowest BCUT2D eigenvalue weighted by molar-refractivity contribution is 0.393. The van der Waals surface area contributed by atoms with Gasteiger partial charge in [0.05, 0.1) is 6.54 Å². The lowest BCUT2D eigenvalue weighted by atomic mass is 10.1. The lowest BCUT2D eigenvalue weighted by Crippen LogP contribution is -2.47. The normalized spacial score (nSPS) is 17.4. The van der Waals surface area contributed by atoms with Crippen LogP contribution in [0.15, 0.2) is 35.6 Å². The van der Waals surface area contributed by atoms with E-state index in [4.69, 9.17) is 4.99 Å². The average Bonchev–Trinajstić information content (AvgIpc) is 3.04. The molecule has 1 unspecified atom stereocenters. The molecule has 6 nitrogen and oxygen atoms in total. The summed E-state index contributed by atoms with van der Waals surface area (Å²) in [7, 11) is 0. The molecule has 2 heterocycles. The summed E-state index contributed by atoms with van der Waals surface area (Å²) >= 11 is 0. The summed E-state index contributed by atoms with van der Waals surface area (Å²) in [5, 5.41) is 11.1. The van der Waals surface area contributed by atoms with Crippen LogP contribution in [-0.2, 0) is 19.4 Å². The molecule has 0 radical (unpaired) electrons. The first-order valence-electron chi connectivity index (χ1n) is 8.71. The number of hydrogen-bond acceptors (Lipinski definition) is 3. The third-order valence-electron chi connectivity index (χ3n) is 4.28. The Bertz CT molecular complexity index is 673. The number of hydrogen-bond donors (Lipinski definition) is 2. The van der Waals surface area contributed by atoms with Gasteiger partial charge < -0.3 is 10.6 Å². The predicted octanol–water partition coefficient (Wildman–Crippen LogP) is 1.70. The number of nitrogens with zero attached hydrogens (tertiary/aromatic N) is 4. The molecule has 0 saturated heterocycles. The van der Waals surface area contributed by atoms with Crippen molar-refractivity contribution in [2.75, 3.05) is 13.1 Å². The van der Waals surface area contributed by atoms with Gasteiger partial charge in [0.2, 0.25) is 0 Å². The molecule has 0 fully saturated rings. The maximum absolute atomic E-state index is 4.72. The third-order valence-corrected chi connectivity index (χ3v) is 4.28. The van der Waals surface area contributed by atoms with Crippen LogP contribution in [0.5, 0.6) is 0 Å². The molecule has 0 amide bonds. The van der Waals surface area contributed by atoms with Crippen LogP contribution in [0.2, 0.25) is 0 Å². The molecule has 1 atom stereocenters. The quantitative estimate of drug-likeness (QED) is 0.648. The second kappa shape index (κ2) is 7.95. The average molecular weight is 326 g/mol. The molecule has 3 rings (SSSR count). The number of nitrogens with one attached hydrogen (secondary N) is 2. The summed E-state index contributed by atoms with van der Waals surface area (Å²) in [5.74, 6) is 1.97. The van der Waals surface area contributed by atoms with E-state index in [2.05, 4.69) is 58.8 Å². The summed E-state index contributed by atoms with van der Waals surface area (Å²) in [6, 6.07) is 9.01.